The van der Waals surface area contributed by atoms with Gasteiger partial charge in [-0.3, -0.25) is 19.5 Å². The smallest absolute Gasteiger partial charge is 0.279 e. The fraction of sp³-hybridized carbons (Fsp3) is 0.150. The topological polar surface area (TPSA) is 116 Å². The minimum atomic E-state index is -0.468. The van der Waals surface area contributed by atoms with Crippen molar-refractivity contribution < 1.29 is 9.66 Å². The lowest BCUT2D eigenvalue weighted by Crippen LogP contribution is -2.11. The average molecular weight is 391 g/mol. The van der Waals surface area contributed by atoms with Gasteiger partial charge in [0.25, 0.3) is 11.2 Å². The third-order valence-electron chi connectivity index (χ3n) is 4.35. The van der Waals surface area contributed by atoms with Crippen LogP contribution < -0.4 is 10.3 Å². The summed E-state index contributed by atoms with van der Waals surface area (Å²) in [7, 11) is 0. The Morgan fingerprint density at radius 2 is 1.93 bits per heavy atom. The summed E-state index contributed by atoms with van der Waals surface area (Å²) in [4.78, 5) is 34.5. The molecule has 0 unspecified atom stereocenters. The predicted molar refractivity (Wildman–Crippen MR) is 107 cm³/mol. The van der Waals surface area contributed by atoms with Crippen LogP contribution >= 0.6 is 0 Å². The first-order valence-electron chi connectivity index (χ1n) is 9.03. The molecule has 0 amide bonds. The molecular weight excluding hydrogens is 374 g/mol. The van der Waals surface area contributed by atoms with Gasteiger partial charge >= 0.3 is 0 Å². The van der Waals surface area contributed by atoms with Crippen LogP contribution in [-0.2, 0) is 0 Å². The second-order valence-corrected chi connectivity index (χ2v) is 6.32. The number of benzene rings is 2. The van der Waals surface area contributed by atoms with E-state index in [2.05, 4.69) is 15.0 Å². The number of H-pyrrole nitrogens is 1. The van der Waals surface area contributed by atoms with Gasteiger partial charge in [-0.05, 0) is 30.7 Å². The number of non-ortho nitro benzene ring substituents is 1. The number of nitrogens with zero attached hydrogens (tertiary/aromatic N) is 4. The van der Waals surface area contributed by atoms with Crippen LogP contribution in [0.25, 0.3) is 28.2 Å². The van der Waals surface area contributed by atoms with Crippen LogP contribution in [0.4, 0.5) is 5.69 Å². The van der Waals surface area contributed by atoms with Crippen molar-refractivity contribution in [1.29, 1.82) is 0 Å². The summed E-state index contributed by atoms with van der Waals surface area (Å²) in [5.41, 5.74) is 1.40. The number of para-hydroxylation sites is 1. The average Bonchev–Trinajstić information content (AvgIpc) is 3.17. The van der Waals surface area contributed by atoms with E-state index in [1.807, 2.05) is 31.2 Å². The van der Waals surface area contributed by atoms with Crippen LogP contribution in [0.15, 0.2) is 59.7 Å². The van der Waals surface area contributed by atoms with Crippen LogP contribution in [0.2, 0.25) is 0 Å². The Labute approximate surface area is 164 Å². The van der Waals surface area contributed by atoms with E-state index in [0.29, 0.717) is 35.1 Å². The third kappa shape index (κ3) is 3.45. The fourth-order valence-electron chi connectivity index (χ4n) is 2.96. The van der Waals surface area contributed by atoms with Gasteiger partial charge in [0.1, 0.15) is 17.9 Å². The van der Waals surface area contributed by atoms with Gasteiger partial charge in [-0.1, -0.05) is 19.1 Å². The lowest BCUT2D eigenvalue weighted by molar-refractivity contribution is -0.384. The second kappa shape index (κ2) is 7.55. The van der Waals surface area contributed by atoms with E-state index in [9.17, 15) is 14.9 Å². The summed E-state index contributed by atoms with van der Waals surface area (Å²) < 4.78 is 7.39. The standard InChI is InChI=1S/C20H17N5O4/c1-2-11-29-16-6-4-3-5-15(16)18-22-19-17(20(26)23-18)21-12-24(19)13-7-9-14(10-8-13)25(27)28/h3-10,12H,2,11H2,1H3,(H,22,23,26). The molecule has 0 spiro atoms. The first-order valence-corrected chi connectivity index (χ1v) is 9.03. The Kier molecular flexibility index (Phi) is 4.78. The summed E-state index contributed by atoms with van der Waals surface area (Å²) in [6.45, 7) is 2.56. The summed E-state index contributed by atoms with van der Waals surface area (Å²) in [6.07, 6.45) is 2.32. The van der Waals surface area contributed by atoms with Crippen molar-refractivity contribution in [2.24, 2.45) is 0 Å². The molecule has 9 heteroatoms. The molecule has 29 heavy (non-hydrogen) atoms. The fourth-order valence-corrected chi connectivity index (χ4v) is 2.96. The number of rotatable bonds is 6. The van der Waals surface area contributed by atoms with Crippen molar-refractivity contribution in [3.8, 4) is 22.8 Å². The SMILES string of the molecule is CCCOc1ccccc1-c1nc2c(ncn2-c2ccc([N+](=O)[O-])cc2)c(=O)[nH]1. The van der Waals surface area contributed by atoms with Gasteiger partial charge < -0.3 is 9.72 Å². The molecule has 0 bridgehead atoms. The van der Waals surface area contributed by atoms with E-state index in [4.69, 9.17) is 4.74 Å². The molecule has 1 N–H and O–H groups in total. The number of ether oxygens (including phenoxy) is 1. The molecule has 0 radical (unpaired) electrons. The minimum Gasteiger partial charge on any atom is -0.493 e. The van der Waals surface area contributed by atoms with Crippen LogP contribution in [0.3, 0.4) is 0 Å². The molecule has 146 valence electrons. The van der Waals surface area contributed by atoms with Crippen LogP contribution in [0, 0.1) is 10.1 Å². The Morgan fingerprint density at radius 3 is 2.66 bits per heavy atom. The normalized spacial score (nSPS) is 10.9. The van der Waals surface area contributed by atoms with E-state index in [-0.39, 0.29) is 16.8 Å². The van der Waals surface area contributed by atoms with Crippen LogP contribution in [-0.4, -0.2) is 31.0 Å². The number of imidazole rings is 1. The van der Waals surface area contributed by atoms with Crippen molar-refractivity contribution in [3.05, 3.63) is 75.3 Å². The zero-order valence-electron chi connectivity index (χ0n) is 15.5. The van der Waals surface area contributed by atoms with Gasteiger partial charge in [0.2, 0.25) is 0 Å². The maximum atomic E-state index is 12.6. The third-order valence-corrected chi connectivity index (χ3v) is 4.35. The van der Waals surface area contributed by atoms with Crippen LogP contribution in [0.1, 0.15) is 13.3 Å². The first-order chi connectivity index (χ1) is 14.1. The summed E-state index contributed by atoms with van der Waals surface area (Å²) in [5.74, 6) is 0.983. The first kappa shape index (κ1) is 18.4. The quantitative estimate of drug-likeness (QED) is 0.397. The minimum absolute atomic E-state index is 0.0216. The lowest BCUT2D eigenvalue weighted by atomic mass is 10.2. The van der Waals surface area contributed by atoms with E-state index >= 15 is 0 Å². The van der Waals surface area contributed by atoms with Crippen LogP contribution in [0.5, 0.6) is 5.75 Å². The van der Waals surface area contributed by atoms with Gasteiger partial charge in [0.05, 0.1) is 17.1 Å². The number of fused-ring (bicyclic) bond motifs is 1. The highest BCUT2D eigenvalue weighted by Gasteiger charge is 2.15. The summed E-state index contributed by atoms with van der Waals surface area (Å²) in [5, 5.41) is 10.9. The van der Waals surface area contributed by atoms with Gasteiger partial charge in [-0.25, -0.2) is 9.97 Å². The summed E-state index contributed by atoms with van der Waals surface area (Å²) in [6, 6.07) is 13.3. The molecule has 2 aromatic carbocycles. The number of nitro groups is 1. The molecule has 4 rings (SSSR count). The van der Waals surface area contributed by atoms with E-state index in [1.54, 1.807) is 16.7 Å². The molecule has 4 aromatic rings. The second-order valence-electron chi connectivity index (χ2n) is 6.32. The highest BCUT2D eigenvalue weighted by molar-refractivity contribution is 5.76. The Morgan fingerprint density at radius 1 is 1.17 bits per heavy atom. The molecule has 0 aliphatic carbocycles. The highest BCUT2D eigenvalue weighted by atomic mass is 16.6. The van der Waals surface area contributed by atoms with Crippen molar-refractivity contribution in [2.45, 2.75) is 13.3 Å². The molecule has 0 aliphatic heterocycles. The molecule has 2 aromatic heterocycles. The molecule has 0 fully saturated rings. The number of aromatic nitrogens is 4. The van der Waals surface area contributed by atoms with Gasteiger partial charge in [0.15, 0.2) is 11.2 Å². The van der Waals surface area contributed by atoms with Crippen molar-refractivity contribution in [1.82, 2.24) is 19.5 Å². The maximum Gasteiger partial charge on any atom is 0.279 e. The van der Waals surface area contributed by atoms with Gasteiger partial charge in [0, 0.05) is 17.8 Å². The predicted octanol–water partition coefficient (Wildman–Crippen LogP) is 3.47. The number of nitro benzene ring substituents is 1. The Hall–Kier alpha value is -4.01. The largest absolute Gasteiger partial charge is 0.493 e. The van der Waals surface area contributed by atoms with Gasteiger partial charge in [-0.15, -0.1) is 0 Å². The molecule has 2 heterocycles. The Balaban J connectivity index is 1.84. The van der Waals surface area contributed by atoms with E-state index in [1.165, 1.54) is 18.5 Å². The van der Waals surface area contributed by atoms with E-state index < -0.39 is 4.92 Å². The molecule has 0 saturated heterocycles. The van der Waals surface area contributed by atoms with Crippen molar-refractivity contribution in [3.63, 3.8) is 0 Å². The summed E-state index contributed by atoms with van der Waals surface area (Å²) >= 11 is 0. The lowest BCUT2D eigenvalue weighted by Gasteiger charge is -2.10. The van der Waals surface area contributed by atoms with Crippen molar-refractivity contribution >= 4 is 16.9 Å². The zero-order chi connectivity index (χ0) is 20.4. The van der Waals surface area contributed by atoms with Crippen molar-refractivity contribution in [2.75, 3.05) is 6.61 Å². The number of aromatic amines is 1. The highest BCUT2D eigenvalue weighted by Crippen LogP contribution is 2.28. The molecular formula is C20H17N5O4. The van der Waals surface area contributed by atoms with E-state index in [0.717, 1.165) is 6.42 Å². The molecule has 0 atom stereocenters. The monoisotopic (exact) mass is 391 g/mol. The molecule has 0 aliphatic rings. The molecule has 9 nitrogen and oxygen atoms in total. The zero-order valence-corrected chi connectivity index (χ0v) is 15.5. The maximum absolute atomic E-state index is 12.6. The number of hydrogen-bond acceptors (Lipinski definition) is 6. The van der Waals surface area contributed by atoms with Gasteiger partial charge in [-0.2, -0.15) is 0 Å². The molecule has 0 saturated carbocycles. The Bertz CT molecular complexity index is 1240. The number of nitrogens with one attached hydrogen (secondary N) is 1. The number of hydrogen-bond donors (Lipinski definition) is 1.